The molecule has 0 spiro atoms. The summed E-state index contributed by atoms with van der Waals surface area (Å²) in [6.07, 6.45) is 19.6. The van der Waals surface area contributed by atoms with Gasteiger partial charge in [-0.25, -0.2) is 0 Å². The third-order valence-corrected chi connectivity index (χ3v) is 9.39. The standard InChI is InChI=1S/C37H72N4O7/c1-4-6-8-10-12-14-15-16-18-20-22-24-26-41(33(45)25-23-21-19-17-13-11-9-7-5-2)37-34(36(47)35(46)30(29-42)48-37)40-32(44)28-39-31(43)27-38-3/h30,34-38,42,46-47H,4-29H2,1-3H3,(H,39,43)(H,40,44)/t30-,34-,35-,36-,37-/m1/s1. The van der Waals surface area contributed by atoms with Gasteiger partial charge in [0.15, 0.2) is 6.23 Å². The van der Waals surface area contributed by atoms with Crippen molar-refractivity contribution in [1.82, 2.24) is 20.9 Å². The molecule has 0 unspecified atom stereocenters. The number of unbranched alkanes of at least 4 members (excludes halogenated alkanes) is 19. The Labute approximate surface area is 291 Å². The first-order chi connectivity index (χ1) is 23.3. The van der Waals surface area contributed by atoms with Crippen LogP contribution in [0, 0.1) is 0 Å². The van der Waals surface area contributed by atoms with E-state index in [9.17, 15) is 29.7 Å². The Morgan fingerprint density at radius 1 is 0.646 bits per heavy atom. The number of hydrogen-bond donors (Lipinski definition) is 6. The van der Waals surface area contributed by atoms with E-state index < -0.39 is 43.1 Å². The van der Waals surface area contributed by atoms with Crippen LogP contribution < -0.4 is 16.0 Å². The van der Waals surface area contributed by atoms with Crippen LogP contribution in [0.2, 0.25) is 0 Å². The van der Waals surface area contributed by atoms with Gasteiger partial charge in [-0.2, -0.15) is 0 Å². The molecule has 1 fully saturated rings. The molecule has 1 aliphatic rings. The predicted octanol–water partition coefficient (Wildman–Crippen LogP) is 4.70. The predicted molar refractivity (Wildman–Crippen MR) is 191 cm³/mol. The van der Waals surface area contributed by atoms with Gasteiger partial charge in [-0.15, -0.1) is 0 Å². The normalized spacial score (nSPS) is 20.8. The smallest absolute Gasteiger partial charge is 0.239 e. The van der Waals surface area contributed by atoms with Gasteiger partial charge in [0.2, 0.25) is 17.7 Å². The molecule has 0 aromatic carbocycles. The molecule has 0 bridgehead atoms. The number of nitrogens with zero attached hydrogens (tertiary/aromatic N) is 1. The highest BCUT2D eigenvalue weighted by Crippen LogP contribution is 2.26. The van der Waals surface area contributed by atoms with Crippen LogP contribution in [-0.2, 0) is 19.1 Å². The summed E-state index contributed by atoms with van der Waals surface area (Å²) in [5.41, 5.74) is 0. The van der Waals surface area contributed by atoms with Gasteiger partial charge in [0.25, 0.3) is 0 Å². The van der Waals surface area contributed by atoms with E-state index in [4.69, 9.17) is 4.74 Å². The first-order valence-corrected chi connectivity index (χ1v) is 19.4. The molecular formula is C37H72N4O7. The van der Waals surface area contributed by atoms with Gasteiger partial charge >= 0.3 is 0 Å². The van der Waals surface area contributed by atoms with Gasteiger partial charge in [0, 0.05) is 13.0 Å². The molecule has 1 aliphatic heterocycles. The lowest BCUT2D eigenvalue weighted by molar-refractivity contribution is -0.231. The first kappa shape index (κ1) is 44.2. The van der Waals surface area contributed by atoms with E-state index in [1.807, 2.05) is 0 Å². The molecule has 0 aromatic heterocycles. The number of aliphatic hydroxyl groups excluding tert-OH is 3. The molecule has 3 amide bonds. The molecule has 282 valence electrons. The highest BCUT2D eigenvalue weighted by atomic mass is 16.5. The monoisotopic (exact) mass is 685 g/mol. The van der Waals surface area contributed by atoms with E-state index in [1.165, 1.54) is 83.5 Å². The third-order valence-electron chi connectivity index (χ3n) is 9.39. The van der Waals surface area contributed by atoms with E-state index in [0.29, 0.717) is 13.0 Å². The summed E-state index contributed by atoms with van der Waals surface area (Å²) < 4.78 is 6.06. The minimum Gasteiger partial charge on any atom is -0.394 e. The van der Waals surface area contributed by atoms with Gasteiger partial charge in [-0.05, 0) is 19.9 Å². The lowest BCUT2D eigenvalue weighted by Crippen LogP contribution is -2.69. The maximum Gasteiger partial charge on any atom is 0.239 e. The fourth-order valence-electron chi connectivity index (χ4n) is 6.41. The number of nitrogens with one attached hydrogen (secondary N) is 3. The molecule has 1 heterocycles. The summed E-state index contributed by atoms with van der Waals surface area (Å²) in [5, 5.41) is 39.6. The summed E-state index contributed by atoms with van der Waals surface area (Å²) in [7, 11) is 1.62. The Bertz CT molecular complexity index is 834. The molecule has 11 heteroatoms. The third kappa shape index (κ3) is 19.4. The number of ether oxygens (including phenoxy) is 1. The van der Waals surface area contributed by atoms with Gasteiger partial charge in [-0.1, -0.05) is 136 Å². The number of aliphatic hydroxyl groups is 3. The Morgan fingerprint density at radius 3 is 1.60 bits per heavy atom. The van der Waals surface area contributed by atoms with E-state index >= 15 is 0 Å². The second kappa shape index (κ2) is 29.0. The van der Waals surface area contributed by atoms with Crippen LogP contribution in [0.3, 0.4) is 0 Å². The zero-order valence-electron chi connectivity index (χ0n) is 30.7. The summed E-state index contributed by atoms with van der Waals surface area (Å²) in [6, 6.07) is -1.14. The van der Waals surface area contributed by atoms with Crippen molar-refractivity contribution in [2.75, 3.05) is 33.3 Å². The molecule has 1 rings (SSSR count). The van der Waals surface area contributed by atoms with Gasteiger partial charge < -0.3 is 40.9 Å². The molecular weight excluding hydrogens is 612 g/mol. The fourth-order valence-corrected chi connectivity index (χ4v) is 6.41. The maximum absolute atomic E-state index is 13.7. The Kier molecular flexibility index (Phi) is 26.7. The SMILES string of the molecule is CCCCCCCCCCCCCCN(C(=O)CCCCCCCCCCC)[C@@H]1O[C@H](CO)[C@@H](O)[C@H](O)[C@H]1NC(=O)CNC(=O)CNC. The van der Waals surface area contributed by atoms with Crippen LogP contribution in [0.5, 0.6) is 0 Å². The van der Waals surface area contributed by atoms with Crippen molar-refractivity contribution in [2.45, 2.75) is 186 Å². The van der Waals surface area contributed by atoms with E-state index in [1.54, 1.807) is 11.9 Å². The van der Waals surface area contributed by atoms with Crippen LogP contribution in [0.25, 0.3) is 0 Å². The van der Waals surface area contributed by atoms with E-state index in [2.05, 4.69) is 29.8 Å². The van der Waals surface area contributed by atoms with Crippen molar-refractivity contribution in [2.24, 2.45) is 0 Å². The van der Waals surface area contributed by atoms with Gasteiger partial charge in [0.05, 0.1) is 19.7 Å². The fraction of sp³-hybridized carbons (Fsp3) is 0.919. The number of likely N-dealkylation sites (N-methyl/N-ethyl adjacent to an activating group) is 1. The average molecular weight is 685 g/mol. The largest absolute Gasteiger partial charge is 0.394 e. The molecule has 0 saturated carbocycles. The minimum absolute atomic E-state index is 0.0438. The average Bonchev–Trinajstić information content (AvgIpc) is 3.07. The van der Waals surface area contributed by atoms with Crippen molar-refractivity contribution in [1.29, 1.82) is 0 Å². The van der Waals surface area contributed by atoms with Crippen molar-refractivity contribution < 1.29 is 34.4 Å². The van der Waals surface area contributed by atoms with Crippen LogP contribution >= 0.6 is 0 Å². The summed E-state index contributed by atoms with van der Waals surface area (Å²) in [4.78, 5) is 40.0. The van der Waals surface area contributed by atoms with E-state index in [0.717, 1.165) is 51.4 Å². The number of carbonyl (C=O) groups excluding carboxylic acids is 3. The van der Waals surface area contributed by atoms with Crippen LogP contribution in [0.4, 0.5) is 0 Å². The zero-order valence-corrected chi connectivity index (χ0v) is 30.7. The van der Waals surface area contributed by atoms with Crippen molar-refractivity contribution in [3.63, 3.8) is 0 Å². The summed E-state index contributed by atoms with van der Waals surface area (Å²) in [6.45, 7) is 4.00. The van der Waals surface area contributed by atoms with Crippen LogP contribution in [0.1, 0.15) is 155 Å². The molecule has 0 aliphatic carbocycles. The lowest BCUT2D eigenvalue weighted by Gasteiger charge is -2.47. The van der Waals surface area contributed by atoms with Crippen LogP contribution in [-0.4, -0.2) is 102 Å². The van der Waals surface area contributed by atoms with Gasteiger partial charge in [0.1, 0.15) is 24.4 Å². The topological polar surface area (TPSA) is 160 Å². The highest BCUT2D eigenvalue weighted by molar-refractivity contribution is 5.85. The molecule has 48 heavy (non-hydrogen) atoms. The van der Waals surface area contributed by atoms with Crippen molar-refractivity contribution in [3.8, 4) is 0 Å². The van der Waals surface area contributed by atoms with E-state index in [-0.39, 0.29) is 24.9 Å². The molecule has 1 saturated heterocycles. The Morgan fingerprint density at radius 2 is 1.12 bits per heavy atom. The minimum atomic E-state index is -1.48. The highest BCUT2D eigenvalue weighted by Gasteiger charge is 2.48. The van der Waals surface area contributed by atoms with Crippen LogP contribution in [0.15, 0.2) is 0 Å². The second-order valence-corrected chi connectivity index (χ2v) is 13.7. The Balaban J connectivity index is 2.83. The number of amides is 3. The molecule has 0 aromatic rings. The first-order valence-electron chi connectivity index (χ1n) is 19.4. The molecule has 6 N–H and O–H groups in total. The second-order valence-electron chi connectivity index (χ2n) is 13.7. The van der Waals surface area contributed by atoms with Crippen molar-refractivity contribution >= 4 is 17.7 Å². The molecule has 11 nitrogen and oxygen atoms in total. The quantitative estimate of drug-likeness (QED) is 0.0594. The number of carbonyl (C=O) groups is 3. The lowest BCUT2D eigenvalue weighted by atomic mass is 9.94. The van der Waals surface area contributed by atoms with Gasteiger partial charge in [-0.3, -0.25) is 14.4 Å². The molecule has 5 atom stereocenters. The zero-order chi connectivity index (χ0) is 35.4. The molecule has 0 radical (unpaired) electrons. The maximum atomic E-state index is 13.7. The summed E-state index contributed by atoms with van der Waals surface area (Å²) >= 11 is 0. The number of rotatable bonds is 30. The number of hydrogen-bond acceptors (Lipinski definition) is 8. The Hall–Kier alpha value is -1.79. The summed E-state index contributed by atoms with van der Waals surface area (Å²) in [5.74, 6) is -1.08. The van der Waals surface area contributed by atoms with Crippen molar-refractivity contribution in [3.05, 3.63) is 0 Å².